The summed E-state index contributed by atoms with van der Waals surface area (Å²) in [6.45, 7) is 3.54. The number of alkyl halides is 3. The third kappa shape index (κ3) is 2.66. The molecule has 3 rings (SSSR count). The van der Waals surface area contributed by atoms with Crippen LogP contribution in [-0.4, -0.2) is 26.7 Å². The topological polar surface area (TPSA) is 59.3 Å². The van der Waals surface area contributed by atoms with Crippen LogP contribution < -0.4 is 5.32 Å². The van der Waals surface area contributed by atoms with E-state index in [-0.39, 0.29) is 11.7 Å². The summed E-state index contributed by atoms with van der Waals surface area (Å²) in [6.07, 6.45) is -2.81. The zero-order valence-corrected chi connectivity index (χ0v) is 13.0. The Balaban J connectivity index is 2.00. The highest BCUT2D eigenvalue weighted by molar-refractivity contribution is 5.95. The molecule has 0 bridgehead atoms. The van der Waals surface area contributed by atoms with E-state index in [1.807, 2.05) is 6.92 Å². The number of aryl methyl sites for hydroxylation is 1. The van der Waals surface area contributed by atoms with E-state index in [9.17, 15) is 18.0 Å². The van der Waals surface area contributed by atoms with Crippen molar-refractivity contribution in [1.29, 1.82) is 0 Å². The molecule has 1 N–H and O–H groups in total. The molecule has 0 spiro atoms. The molecule has 1 amide bonds. The molecular weight excluding hydrogens is 309 g/mol. The molecule has 23 heavy (non-hydrogen) atoms. The SMILES string of the molecule is Cc1ccc2nc(NC(=O)C(C)(C)C(F)(F)F)c(C3CC3)n2n1. The van der Waals surface area contributed by atoms with Crippen LogP contribution in [0.1, 0.15) is 44.0 Å². The highest BCUT2D eigenvalue weighted by Crippen LogP contribution is 2.44. The van der Waals surface area contributed by atoms with E-state index >= 15 is 0 Å². The van der Waals surface area contributed by atoms with Crippen molar-refractivity contribution in [2.75, 3.05) is 5.32 Å². The molecule has 0 radical (unpaired) electrons. The van der Waals surface area contributed by atoms with Crippen molar-refractivity contribution < 1.29 is 18.0 Å². The minimum Gasteiger partial charge on any atom is -0.308 e. The molecule has 1 fully saturated rings. The molecule has 1 saturated carbocycles. The quantitative estimate of drug-likeness (QED) is 0.940. The maximum absolute atomic E-state index is 13.0. The normalized spacial score (nSPS) is 15.9. The highest BCUT2D eigenvalue weighted by atomic mass is 19.4. The second kappa shape index (κ2) is 4.94. The fourth-order valence-corrected chi connectivity index (χ4v) is 2.25. The monoisotopic (exact) mass is 326 g/mol. The number of amides is 1. The Morgan fingerprint density at radius 1 is 1.30 bits per heavy atom. The van der Waals surface area contributed by atoms with Crippen molar-refractivity contribution in [3.05, 3.63) is 23.5 Å². The van der Waals surface area contributed by atoms with E-state index in [0.29, 0.717) is 11.3 Å². The van der Waals surface area contributed by atoms with E-state index in [1.165, 1.54) is 0 Å². The summed E-state index contributed by atoms with van der Waals surface area (Å²) in [6, 6.07) is 3.50. The van der Waals surface area contributed by atoms with Gasteiger partial charge in [0.2, 0.25) is 5.91 Å². The van der Waals surface area contributed by atoms with Crippen LogP contribution in [0.4, 0.5) is 19.0 Å². The number of carbonyl (C=O) groups is 1. The van der Waals surface area contributed by atoms with Gasteiger partial charge in [0.1, 0.15) is 5.41 Å². The summed E-state index contributed by atoms with van der Waals surface area (Å²) in [5.74, 6) is -0.774. The fourth-order valence-electron chi connectivity index (χ4n) is 2.25. The van der Waals surface area contributed by atoms with Gasteiger partial charge < -0.3 is 5.32 Å². The zero-order valence-electron chi connectivity index (χ0n) is 13.0. The summed E-state index contributed by atoms with van der Waals surface area (Å²) in [5.41, 5.74) is -0.537. The Labute approximate surface area is 130 Å². The van der Waals surface area contributed by atoms with Crippen LogP contribution >= 0.6 is 0 Å². The lowest BCUT2D eigenvalue weighted by atomic mass is 9.91. The van der Waals surface area contributed by atoms with Crippen molar-refractivity contribution in [1.82, 2.24) is 14.6 Å². The van der Waals surface area contributed by atoms with Crippen LogP contribution in [0.5, 0.6) is 0 Å². The molecule has 1 aliphatic rings. The smallest absolute Gasteiger partial charge is 0.308 e. The second-order valence-corrected chi connectivity index (χ2v) is 6.44. The molecule has 2 aromatic rings. The average Bonchev–Trinajstić information content (AvgIpc) is 3.20. The standard InChI is InChI=1S/C15H17F3N4O/c1-8-4-7-10-19-12(11(9-5-6-9)22(10)21-8)20-13(23)14(2,3)15(16,17)18/h4,7,9H,5-6H2,1-3H3,(H,20,23). The molecular formula is C15H17F3N4O. The van der Waals surface area contributed by atoms with E-state index in [4.69, 9.17) is 0 Å². The highest BCUT2D eigenvalue weighted by Gasteiger charge is 2.53. The third-order valence-corrected chi connectivity index (χ3v) is 4.12. The van der Waals surface area contributed by atoms with Gasteiger partial charge in [-0.15, -0.1) is 0 Å². The first kappa shape index (κ1) is 15.8. The fraction of sp³-hybridized carbons (Fsp3) is 0.533. The van der Waals surface area contributed by atoms with Crippen LogP contribution in [0.3, 0.4) is 0 Å². The van der Waals surface area contributed by atoms with Crippen molar-refractivity contribution in [2.24, 2.45) is 5.41 Å². The lowest BCUT2D eigenvalue weighted by Gasteiger charge is -2.26. The van der Waals surface area contributed by atoms with Crippen molar-refractivity contribution in [3.63, 3.8) is 0 Å². The first-order valence-electron chi connectivity index (χ1n) is 7.35. The molecule has 2 aromatic heterocycles. The number of aromatic nitrogens is 3. The van der Waals surface area contributed by atoms with Crippen LogP contribution in [0.15, 0.2) is 12.1 Å². The maximum Gasteiger partial charge on any atom is 0.402 e. The van der Waals surface area contributed by atoms with Crippen LogP contribution in [0, 0.1) is 12.3 Å². The molecule has 0 aromatic carbocycles. The molecule has 0 aliphatic heterocycles. The van der Waals surface area contributed by atoms with Crippen LogP contribution in [0.25, 0.3) is 5.65 Å². The molecule has 0 unspecified atom stereocenters. The van der Waals surface area contributed by atoms with Crippen molar-refractivity contribution in [3.8, 4) is 0 Å². The van der Waals surface area contributed by atoms with Gasteiger partial charge in [-0.1, -0.05) is 0 Å². The summed E-state index contributed by atoms with van der Waals surface area (Å²) in [5, 5.41) is 6.71. The van der Waals surface area contributed by atoms with Gasteiger partial charge in [0.25, 0.3) is 0 Å². The summed E-state index contributed by atoms with van der Waals surface area (Å²) in [4.78, 5) is 16.4. The first-order chi connectivity index (χ1) is 10.6. The number of halogens is 3. The summed E-state index contributed by atoms with van der Waals surface area (Å²) < 4.78 is 40.7. The van der Waals surface area contributed by atoms with Gasteiger partial charge in [-0.2, -0.15) is 18.3 Å². The number of imidazole rings is 1. The van der Waals surface area contributed by atoms with Gasteiger partial charge in [-0.3, -0.25) is 4.79 Å². The average molecular weight is 326 g/mol. The van der Waals surface area contributed by atoms with Gasteiger partial charge in [0, 0.05) is 5.92 Å². The number of carbonyl (C=O) groups excluding carboxylic acids is 1. The van der Waals surface area contributed by atoms with Crippen LogP contribution in [0.2, 0.25) is 0 Å². The molecule has 5 nitrogen and oxygen atoms in total. The van der Waals surface area contributed by atoms with E-state index in [0.717, 1.165) is 32.4 Å². The predicted molar refractivity (Wildman–Crippen MR) is 78.2 cm³/mol. The Morgan fingerprint density at radius 2 is 1.96 bits per heavy atom. The number of nitrogens with one attached hydrogen (secondary N) is 1. The third-order valence-electron chi connectivity index (χ3n) is 4.12. The van der Waals surface area contributed by atoms with Crippen molar-refractivity contribution in [2.45, 2.75) is 45.7 Å². The molecule has 2 heterocycles. The number of rotatable bonds is 3. The number of nitrogens with zero attached hydrogens (tertiary/aromatic N) is 3. The minimum absolute atomic E-state index is 0.170. The molecule has 0 atom stereocenters. The van der Waals surface area contributed by atoms with E-state index < -0.39 is 17.5 Å². The lowest BCUT2D eigenvalue weighted by molar-refractivity contribution is -0.208. The van der Waals surface area contributed by atoms with Gasteiger partial charge in [-0.25, -0.2) is 9.50 Å². The Kier molecular flexibility index (Phi) is 3.38. The number of anilines is 1. The predicted octanol–water partition coefficient (Wildman–Crippen LogP) is 3.44. The Bertz CT molecular complexity index is 775. The zero-order chi connectivity index (χ0) is 17.0. The number of fused-ring (bicyclic) bond motifs is 1. The van der Waals surface area contributed by atoms with Crippen molar-refractivity contribution >= 4 is 17.4 Å². The second-order valence-electron chi connectivity index (χ2n) is 6.44. The molecule has 1 aliphatic carbocycles. The van der Waals surface area contributed by atoms with Gasteiger partial charge in [0.15, 0.2) is 11.5 Å². The van der Waals surface area contributed by atoms with Gasteiger partial charge in [0.05, 0.1) is 11.4 Å². The summed E-state index contributed by atoms with van der Waals surface area (Å²) in [7, 11) is 0. The largest absolute Gasteiger partial charge is 0.402 e. The van der Waals surface area contributed by atoms with Gasteiger partial charge >= 0.3 is 6.18 Å². The maximum atomic E-state index is 13.0. The van der Waals surface area contributed by atoms with Crippen LogP contribution in [-0.2, 0) is 4.79 Å². The van der Waals surface area contributed by atoms with E-state index in [2.05, 4.69) is 15.4 Å². The Hall–Kier alpha value is -2.12. The number of hydrogen-bond acceptors (Lipinski definition) is 3. The van der Waals surface area contributed by atoms with E-state index in [1.54, 1.807) is 16.6 Å². The molecule has 0 saturated heterocycles. The first-order valence-corrected chi connectivity index (χ1v) is 7.35. The van der Waals surface area contributed by atoms with Gasteiger partial charge in [-0.05, 0) is 45.7 Å². The minimum atomic E-state index is -4.63. The lowest BCUT2D eigenvalue weighted by Crippen LogP contribution is -2.43. The molecule has 8 heteroatoms. The summed E-state index contributed by atoms with van der Waals surface area (Å²) >= 11 is 0. The Morgan fingerprint density at radius 3 is 2.52 bits per heavy atom. The molecule has 124 valence electrons. The number of hydrogen-bond donors (Lipinski definition) is 1.